The van der Waals surface area contributed by atoms with Crippen molar-refractivity contribution in [1.29, 1.82) is 0 Å². The lowest BCUT2D eigenvalue weighted by atomic mass is 10.2. The van der Waals surface area contributed by atoms with Crippen LogP contribution >= 0.6 is 0 Å². The van der Waals surface area contributed by atoms with E-state index in [1.165, 1.54) is 16.9 Å². The van der Waals surface area contributed by atoms with Gasteiger partial charge in [-0.25, -0.2) is 4.39 Å². The van der Waals surface area contributed by atoms with Gasteiger partial charge in [-0.05, 0) is 30.7 Å². The normalized spacial score (nSPS) is 12.5. The molecule has 0 aliphatic carbocycles. The van der Waals surface area contributed by atoms with Crippen LogP contribution in [0.15, 0.2) is 28.8 Å². The summed E-state index contributed by atoms with van der Waals surface area (Å²) in [7, 11) is 0. The monoisotopic (exact) mass is 302 g/mol. The summed E-state index contributed by atoms with van der Waals surface area (Å²) in [6.45, 7) is 3.88. The third kappa shape index (κ3) is 2.85. The first-order chi connectivity index (χ1) is 10.7. The van der Waals surface area contributed by atoms with Gasteiger partial charge < -0.3 is 4.52 Å². The van der Waals surface area contributed by atoms with Gasteiger partial charge in [0.05, 0.1) is 0 Å². The SMILES string of the molecule is CCCc1noc(C(C)n2nnc(-c3cccc(F)c3)n2)n1. The van der Waals surface area contributed by atoms with E-state index >= 15 is 0 Å². The Hall–Kier alpha value is -2.64. The van der Waals surface area contributed by atoms with Crippen molar-refractivity contribution in [3.8, 4) is 11.4 Å². The molecule has 0 N–H and O–H groups in total. The van der Waals surface area contributed by atoms with Crippen LogP contribution in [0.2, 0.25) is 0 Å². The van der Waals surface area contributed by atoms with Crippen LogP contribution in [0.3, 0.4) is 0 Å². The summed E-state index contributed by atoms with van der Waals surface area (Å²) in [6.07, 6.45) is 1.70. The van der Waals surface area contributed by atoms with Crippen molar-refractivity contribution in [2.45, 2.75) is 32.7 Å². The fourth-order valence-electron chi connectivity index (χ4n) is 1.99. The summed E-state index contributed by atoms with van der Waals surface area (Å²) >= 11 is 0. The highest BCUT2D eigenvalue weighted by Gasteiger charge is 2.19. The molecule has 1 atom stereocenters. The van der Waals surface area contributed by atoms with E-state index in [2.05, 4.69) is 25.6 Å². The van der Waals surface area contributed by atoms with E-state index in [9.17, 15) is 4.39 Å². The van der Waals surface area contributed by atoms with Gasteiger partial charge in [-0.15, -0.1) is 10.2 Å². The predicted octanol–water partition coefficient (Wildman–Crippen LogP) is 2.42. The largest absolute Gasteiger partial charge is 0.337 e. The van der Waals surface area contributed by atoms with Crippen molar-refractivity contribution < 1.29 is 8.91 Å². The first-order valence-electron chi connectivity index (χ1n) is 7.05. The molecule has 0 fully saturated rings. The summed E-state index contributed by atoms with van der Waals surface area (Å²) < 4.78 is 18.5. The molecule has 7 nitrogen and oxygen atoms in total. The maximum Gasteiger partial charge on any atom is 0.253 e. The molecule has 1 aromatic carbocycles. The van der Waals surface area contributed by atoms with Crippen LogP contribution in [0, 0.1) is 5.82 Å². The van der Waals surface area contributed by atoms with E-state index in [1.807, 2.05) is 13.8 Å². The number of halogens is 1. The Labute approximate surface area is 126 Å². The molecule has 0 amide bonds. The Morgan fingerprint density at radius 2 is 2.23 bits per heavy atom. The van der Waals surface area contributed by atoms with Gasteiger partial charge in [-0.3, -0.25) is 0 Å². The third-order valence-corrected chi connectivity index (χ3v) is 3.17. The van der Waals surface area contributed by atoms with Crippen molar-refractivity contribution in [3.05, 3.63) is 41.8 Å². The molecule has 0 aliphatic rings. The minimum absolute atomic E-state index is 0.340. The number of aryl methyl sites for hydroxylation is 1. The van der Waals surface area contributed by atoms with Crippen LogP contribution < -0.4 is 0 Å². The quantitative estimate of drug-likeness (QED) is 0.720. The minimum atomic E-state index is -0.344. The highest BCUT2D eigenvalue weighted by atomic mass is 19.1. The van der Waals surface area contributed by atoms with Gasteiger partial charge in [-0.1, -0.05) is 24.2 Å². The lowest BCUT2D eigenvalue weighted by Crippen LogP contribution is -2.11. The smallest absolute Gasteiger partial charge is 0.253 e. The fraction of sp³-hybridized carbons (Fsp3) is 0.357. The summed E-state index contributed by atoms with van der Waals surface area (Å²) in [6, 6.07) is 5.71. The van der Waals surface area contributed by atoms with Crippen LogP contribution in [0.4, 0.5) is 4.39 Å². The fourth-order valence-corrected chi connectivity index (χ4v) is 1.99. The molecule has 2 aromatic heterocycles. The summed E-state index contributed by atoms with van der Waals surface area (Å²) in [5, 5.41) is 16.1. The van der Waals surface area contributed by atoms with E-state index in [0.29, 0.717) is 23.1 Å². The summed E-state index contributed by atoms with van der Waals surface area (Å²) in [5.74, 6) is 1.09. The topological polar surface area (TPSA) is 82.5 Å². The van der Waals surface area contributed by atoms with Crippen molar-refractivity contribution in [1.82, 2.24) is 30.3 Å². The average Bonchev–Trinajstić information content (AvgIpc) is 3.16. The highest BCUT2D eigenvalue weighted by molar-refractivity contribution is 5.53. The third-order valence-electron chi connectivity index (χ3n) is 3.17. The maximum absolute atomic E-state index is 13.2. The number of hydrogen-bond acceptors (Lipinski definition) is 6. The van der Waals surface area contributed by atoms with Gasteiger partial charge in [0.2, 0.25) is 5.82 Å². The first kappa shape index (κ1) is 14.3. The first-order valence-corrected chi connectivity index (χ1v) is 7.05. The second-order valence-electron chi connectivity index (χ2n) is 4.92. The van der Waals surface area contributed by atoms with E-state index < -0.39 is 0 Å². The molecule has 1 unspecified atom stereocenters. The number of rotatable bonds is 5. The number of aromatic nitrogens is 6. The van der Waals surface area contributed by atoms with E-state index in [-0.39, 0.29) is 11.9 Å². The lowest BCUT2D eigenvalue weighted by molar-refractivity contribution is 0.318. The Kier molecular flexibility index (Phi) is 3.90. The molecule has 3 rings (SSSR count). The number of benzene rings is 1. The molecule has 0 saturated carbocycles. The van der Waals surface area contributed by atoms with Gasteiger partial charge in [0, 0.05) is 12.0 Å². The second-order valence-corrected chi connectivity index (χ2v) is 4.92. The molecular weight excluding hydrogens is 287 g/mol. The zero-order chi connectivity index (χ0) is 15.5. The van der Waals surface area contributed by atoms with Crippen LogP contribution in [0.25, 0.3) is 11.4 Å². The minimum Gasteiger partial charge on any atom is -0.337 e. The second kappa shape index (κ2) is 6.00. The number of tetrazole rings is 1. The van der Waals surface area contributed by atoms with Gasteiger partial charge in [0.25, 0.3) is 5.89 Å². The van der Waals surface area contributed by atoms with Gasteiger partial charge >= 0.3 is 0 Å². The van der Waals surface area contributed by atoms with E-state index in [0.717, 1.165) is 12.8 Å². The zero-order valence-electron chi connectivity index (χ0n) is 12.3. The molecule has 3 aromatic rings. The maximum atomic E-state index is 13.2. The molecule has 22 heavy (non-hydrogen) atoms. The molecule has 0 saturated heterocycles. The Morgan fingerprint density at radius 1 is 1.36 bits per heavy atom. The molecule has 8 heteroatoms. The van der Waals surface area contributed by atoms with Crippen molar-refractivity contribution in [2.75, 3.05) is 0 Å². The van der Waals surface area contributed by atoms with Crippen molar-refractivity contribution in [2.24, 2.45) is 0 Å². The Balaban J connectivity index is 1.83. The Bertz CT molecular complexity index is 768. The van der Waals surface area contributed by atoms with Crippen LogP contribution in [-0.4, -0.2) is 30.3 Å². The van der Waals surface area contributed by atoms with Gasteiger partial charge in [0.15, 0.2) is 5.82 Å². The molecule has 0 radical (unpaired) electrons. The van der Waals surface area contributed by atoms with Crippen LogP contribution in [-0.2, 0) is 6.42 Å². The summed E-state index contributed by atoms with van der Waals surface area (Å²) in [5.41, 5.74) is 0.565. The predicted molar refractivity (Wildman–Crippen MR) is 75.3 cm³/mol. The number of nitrogens with zero attached hydrogens (tertiary/aromatic N) is 6. The van der Waals surface area contributed by atoms with Crippen LogP contribution in [0.1, 0.15) is 38.0 Å². The average molecular weight is 302 g/mol. The zero-order valence-corrected chi connectivity index (χ0v) is 12.3. The van der Waals surface area contributed by atoms with Crippen molar-refractivity contribution >= 4 is 0 Å². The summed E-state index contributed by atoms with van der Waals surface area (Å²) in [4.78, 5) is 5.68. The lowest BCUT2D eigenvalue weighted by Gasteiger charge is -2.02. The van der Waals surface area contributed by atoms with Gasteiger partial charge in [-0.2, -0.15) is 9.78 Å². The molecule has 2 heterocycles. The van der Waals surface area contributed by atoms with E-state index in [4.69, 9.17) is 4.52 Å². The molecule has 0 spiro atoms. The van der Waals surface area contributed by atoms with Crippen LogP contribution in [0.5, 0.6) is 0 Å². The molecule has 0 bridgehead atoms. The standard InChI is InChI=1S/C14H15FN6O/c1-3-5-12-16-14(22-19-12)9(2)21-18-13(17-20-21)10-6-4-7-11(15)8-10/h4,6-9H,3,5H2,1-2H3. The van der Waals surface area contributed by atoms with E-state index in [1.54, 1.807) is 12.1 Å². The van der Waals surface area contributed by atoms with Crippen molar-refractivity contribution in [3.63, 3.8) is 0 Å². The highest BCUT2D eigenvalue weighted by Crippen LogP contribution is 2.18. The number of hydrogen-bond donors (Lipinski definition) is 0. The molecule has 0 aliphatic heterocycles. The molecular formula is C14H15FN6O. The van der Waals surface area contributed by atoms with Gasteiger partial charge in [0.1, 0.15) is 11.9 Å². The Morgan fingerprint density at radius 3 is 3.00 bits per heavy atom. The molecule has 114 valence electrons.